The summed E-state index contributed by atoms with van der Waals surface area (Å²) in [6, 6.07) is 13.4. The molecule has 2 aromatic rings. The lowest BCUT2D eigenvalue weighted by Gasteiger charge is -2.10. The number of anilines is 1. The summed E-state index contributed by atoms with van der Waals surface area (Å²) in [5.74, 6) is -0.839. The first-order chi connectivity index (χ1) is 14.2. The van der Waals surface area contributed by atoms with Gasteiger partial charge in [-0.3, -0.25) is 4.79 Å². The molecule has 2 aromatic carbocycles. The van der Waals surface area contributed by atoms with E-state index in [0.717, 1.165) is 30.0 Å². The molecule has 11 heteroatoms. The van der Waals surface area contributed by atoms with Crippen LogP contribution in [-0.2, 0) is 14.8 Å². The molecule has 30 heavy (non-hydrogen) atoms. The second kappa shape index (κ2) is 10.8. The molecule has 0 radical (unpaired) electrons. The SMILES string of the molecule is O=C(CCNS(=O)(=O)c1ccc(OC(F)(F)F)cc1)NCCCNc1ccccc1. The van der Waals surface area contributed by atoms with Crippen LogP contribution < -0.4 is 20.1 Å². The Hall–Kier alpha value is -2.79. The monoisotopic (exact) mass is 445 g/mol. The van der Waals surface area contributed by atoms with Crippen LogP contribution in [0.15, 0.2) is 59.5 Å². The number of halogens is 3. The van der Waals surface area contributed by atoms with E-state index in [4.69, 9.17) is 0 Å². The molecular weight excluding hydrogens is 423 g/mol. The smallest absolute Gasteiger partial charge is 0.406 e. The summed E-state index contributed by atoms with van der Waals surface area (Å²) in [5.41, 5.74) is 0.983. The third-order valence-corrected chi connectivity index (χ3v) is 5.27. The number of benzene rings is 2. The topological polar surface area (TPSA) is 96.5 Å². The van der Waals surface area contributed by atoms with Crippen molar-refractivity contribution in [3.05, 3.63) is 54.6 Å². The molecule has 0 aliphatic rings. The molecule has 0 aromatic heterocycles. The fourth-order valence-electron chi connectivity index (χ4n) is 2.40. The molecule has 0 saturated heterocycles. The van der Waals surface area contributed by atoms with Crippen LogP contribution in [0.4, 0.5) is 18.9 Å². The van der Waals surface area contributed by atoms with E-state index in [9.17, 15) is 26.4 Å². The van der Waals surface area contributed by atoms with Crippen molar-refractivity contribution in [1.82, 2.24) is 10.0 Å². The van der Waals surface area contributed by atoms with Gasteiger partial charge in [-0.05, 0) is 42.8 Å². The van der Waals surface area contributed by atoms with Gasteiger partial charge in [0.15, 0.2) is 0 Å². The lowest BCUT2D eigenvalue weighted by molar-refractivity contribution is -0.274. The Morgan fingerprint density at radius 2 is 1.60 bits per heavy atom. The Kier molecular flexibility index (Phi) is 8.48. The van der Waals surface area contributed by atoms with E-state index in [2.05, 4.69) is 20.1 Å². The molecule has 0 unspecified atom stereocenters. The van der Waals surface area contributed by atoms with Gasteiger partial charge < -0.3 is 15.4 Å². The predicted molar refractivity (Wildman–Crippen MR) is 105 cm³/mol. The van der Waals surface area contributed by atoms with Crippen LogP contribution in [-0.4, -0.2) is 40.3 Å². The molecular formula is C19H22F3N3O4S. The van der Waals surface area contributed by atoms with Crippen molar-refractivity contribution < 1.29 is 31.1 Å². The van der Waals surface area contributed by atoms with Crippen LogP contribution >= 0.6 is 0 Å². The summed E-state index contributed by atoms with van der Waals surface area (Å²) in [4.78, 5) is 11.6. The zero-order valence-electron chi connectivity index (χ0n) is 15.9. The molecule has 0 atom stereocenters. The standard InChI is InChI=1S/C19H22F3N3O4S/c20-19(21,22)29-16-7-9-17(10-8-16)30(27,28)25-14-11-18(26)24-13-4-12-23-15-5-2-1-3-6-15/h1-3,5-10,23,25H,4,11-14H2,(H,24,26). The first-order valence-corrected chi connectivity index (χ1v) is 10.6. The predicted octanol–water partition coefficient (Wildman–Crippen LogP) is 2.87. The first-order valence-electron chi connectivity index (χ1n) is 9.07. The van der Waals surface area contributed by atoms with E-state index in [1.165, 1.54) is 0 Å². The van der Waals surface area contributed by atoms with Crippen molar-refractivity contribution in [2.24, 2.45) is 0 Å². The summed E-state index contributed by atoms with van der Waals surface area (Å²) >= 11 is 0. The molecule has 1 amide bonds. The summed E-state index contributed by atoms with van der Waals surface area (Å²) in [6.07, 6.45) is -4.23. The van der Waals surface area contributed by atoms with Crippen molar-refractivity contribution in [3.8, 4) is 5.75 Å². The van der Waals surface area contributed by atoms with Gasteiger partial charge >= 0.3 is 6.36 Å². The highest BCUT2D eigenvalue weighted by molar-refractivity contribution is 7.89. The molecule has 2 rings (SSSR count). The molecule has 0 aliphatic carbocycles. The normalized spacial score (nSPS) is 11.7. The second-order valence-corrected chi connectivity index (χ2v) is 7.93. The molecule has 0 bridgehead atoms. The van der Waals surface area contributed by atoms with Crippen molar-refractivity contribution in [3.63, 3.8) is 0 Å². The summed E-state index contributed by atoms with van der Waals surface area (Å²) < 4.78 is 66.6. The number of hydrogen-bond donors (Lipinski definition) is 3. The van der Waals surface area contributed by atoms with Gasteiger partial charge in [-0.2, -0.15) is 0 Å². The van der Waals surface area contributed by atoms with E-state index >= 15 is 0 Å². The second-order valence-electron chi connectivity index (χ2n) is 6.16. The molecule has 0 aliphatic heterocycles. The number of para-hydroxylation sites is 1. The molecule has 0 spiro atoms. The third kappa shape index (κ3) is 8.70. The number of rotatable bonds is 11. The Labute approximate surface area is 172 Å². The van der Waals surface area contributed by atoms with Crippen LogP contribution in [0.5, 0.6) is 5.75 Å². The average molecular weight is 445 g/mol. The maximum atomic E-state index is 12.1. The first kappa shape index (κ1) is 23.5. The van der Waals surface area contributed by atoms with E-state index in [0.29, 0.717) is 19.5 Å². The highest BCUT2D eigenvalue weighted by atomic mass is 32.2. The van der Waals surface area contributed by atoms with E-state index in [1.54, 1.807) is 0 Å². The van der Waals surface area contributed by atoms with Gasteiger partial charge in [-0.25, -0.2) is 13.1 Å². The highest BCUT2D eigenvalue weighted by Gasteiger charge is 2.31. The molecule has 0 fully saturated rings. The Morgan fingerprint density at radius 3 is 2.23 bits per heavy atom. The minimum absolute atomic E-state index is 0.0688. The fourth-order valence-corrected chi connectivity index (χ4v) is 3.43. The molecule has 164 valence electrons. The number of carbonyl (C=O) groups is 1. The quantitative estimate of drug-likeness (QED) is 0.462. The fraction of sp³-hybridized carbons (Fsp3) is 0.316. The minimum Gasteiger partial charge on any atom is -0.406 e. The number of alkyl halides is 3. The average Bonchev–Trinajstić information content (AvgIpc) is 2.67. The van der Waals surface area contributed by atoms with Crippen LogP contribution in [0.2, 0.25) is 0 Å². The Morgan fingerprint density at radius 1 is 0.933 bits per heavy atom. The zero-order chi connectivity index (χ0) is 22.0. The number of carbonyl (C=O) groups excluding carboxylic acids is 1. The molecule has 0 saturated carbocycles. The highest BCUT2D eigenvalue weighted by Crippen LogP contribution is 2.23. The van der Waals surface area contributed by atoms with Crippen molar-refractivity contribution in [2.75, 3.05) is 25.0 Å². The minimum atomic E-state index is -4.86. The van der Waals surface area contributed by atoms with E-state index in [1.807, 2.05) is 30.3 Å². The Balaban J connectivity index is 1.66. The lowest BCUT2D eigenvalue weighted by Crippen LogP contribution is -2.31. The van der Waals surface area contributed by atoms with Gasteiger partial charge in [0.1, 0.15) is 5.75 Å². The maximum absolute atomic E-state index is 12.1. The van der Waals surface area contributed by atoms with Gasteiger partial charge in [-0.15, -0.1) is 13.2 Å². The molecule has 3 N–H and O–H groups in total. The number of ether oxygens (including phenoxy) is 1. The van der Waals surface area contributed by atoms with E-state index in [-0.39, 0.29) is 23.8 Å². The van der Waals surface area contributed by atoms with E-state index < -0.39 is 22.1 Å². The van der Waals surface area contributed by atoms with Crippen LogP contribution in [0.3, 0.4) is 0 Å². The van der Waals surface area contributed by atoms with Crippen molar-refractivity contribution in [1.29, 1.82) is 0 Å². The zero-order valence-corrected chi connectivity index (χ0v) is 16.7. The van der Waals surface area contributed by atoms with Crippen LogP contribution in [0.1, 0.15) is 12.8 Å². The van der Waals surface area contributed by atoms with Crippen molar-refractivity contribution in [2.45, 2.75) is 24.1 Å². The number of hydrogen-bond acceptors (Lipinski definition) is 5. The molecule has 0 heterocycles. The van der Waals surface area contributed by atoms with Crippen LogP contribution in [0.25, 0.3) is 0 Å². The molecule has 7 nitrogen and oxygen atoms in total. The van der Waals surface area contributed by atoms with Crippen LogP contribution in [0, 0.1) is 0 Å². The number of amides is 1. The van der Waals surface area contributed by atoms with Crippen molar-refractivity contribution >= 4 is 21.6 Å². The van der Waals surface area contributed by atoms with Gasteiger partial charge in [0.2, 0.25) is 15.9 Å². The summed E-state index contributed by atoms with van der Waals surface area (Å²) in [7, 11) is -3.95. The Bertz CT molecular complexity index is 905. The summed E-state index contributed by atoms with van der Waals surface area (Å²) in [5, 5.41) is 5.89. The summed E-state index contributed by atoms with van der Waals surface area (Å²) in [6.45, 7) is 0.967. The lowest BCUT2D eigenvalue weighted by atomic mass is 10.3. The third-order valence-electron chi connectivity index (χ3n) is 3.79. The van der Waals surface area contributed by atoms with Gasteiger partial charge in [-0.1, -0.05) is 18.2 Å². The van der Waals surface area contributed by atoms with Gasteiger partial charge in [0.05, 0.1) is 4.90 Å². The number of nitrogens with one attached hydrogen (secondary N) is 3. The largest absolute Gasteiger partial charge is 0.573 e. The maximum Gasteiger partial charge on any atom is 0.573 e. The van der Waals surface area contributed by atoms with Gasteiger partial charge in [0.25, 0.3) is 0 Å². The number of sulfonamides is 1. The van der Waals surface area contributed by atoms with Gasteiger partial charge in [0, 0.05) is 31.7 Å².